The van der Waals surface area contributed by atoms with Crippen molar-refractivity contribution in [1.82, 2.24) is 10.3 Å². The van der Waals surface area contributed by atoms with Gasteiger partial charge in [0.05, 0.1) is 6.61 Å². The first-order chi connectivity index (χ1) is 22.5. The lowest BCUT2D eigenvalue weighted by Gasteiger charge is -2.17. The first kappa shape index (κ1) is 31.7. The summed E-state index contributed by atoms with van der Waals surface area (Å²) in [5, 5.41) is 8.07. The van der Waals surface area contributed by atoms with Gasteiger partial charge < -0.3 is 20.7 Å². The summed E-state index contributed by atoms with van der Waals surface area (Å²) in [4.78, 5) is 44.6. The average Bonchev–Trinajstić information content (AvgIpc) is 3.09. The summed E-state index contributed by atoms with van der Waals surface area (Å²) in [5.74, 6) is -0.353. The number of anilines is 2. The molecule has 0 aliphatic rings. The van der Waals surface area contributed by atoms with Gasteiger partial charge >= 0.3 is 0 Å². The standard InChI is InChI=1S/C37H32N4O4S/c1-2-45-31-17-13-26(14-18-31)25-33(41-35(42)28-11-7-4-8-12-28)36(43)39-29-15-19-32(20-16-29)46-34(27-9-5-3-6-10-27)37(44)40-30-21-23-38-24-22-30/h3-25,34H,2H2,1H3,(H,39,43)(H,41,42)(H,38,40,44)/b33-25-. The van der Waals surface area contributed by atoms with E-state index in [1.165, 1.54) is 11.8 Å². The van der Waals surface area contributed by atoms with Crippen molar-refractivity contribution in [1.29, 1.82) is 0 Å². The number of benzene rings is 4. The lowest BCUT2D eigenvalue weighted by atomic mass is 10.1. The highest BCUT2D eigenvalue weighted by molar-refractivity contribution is 8.00. The van der Waals surface area contributed by atoms with Gasteiger partial charge in [0.2, 0.25) is 5.91 Å². The first-order valence-corrected chi connectivity index (χ1v) is 15.5. The Kier molecular flexibility index (Phi) is 11.0. The number of amides is 3. The second-order valence-electron chi connectivity index (χ2n) is 9.99. The molecule has 0 aliphatic carbocycles. The van der Waals surface area contributed by atoms with Crippen LogP contribution in [-0.4, -0.2) is 29.3 Å². The Labute approximate surface area is 271 Å². The molecule has 0 saturated carbocycles. The molecule has 1 unspecified atom stereocenters. The van der Waals surface area contributed by atoms with Crippen LogP contribution in [0, 0.1) is 0 Å². The molecule has 0 bridgehead atoms. The van der Waals surface area contributed by atoms with Gasteiger partial charge in [-0.25, -0.2) is 0 Å². The topological polar surface area (TPSA) is 109 Å². The summed E-state index contributed by atoms with van der Waals surface area (Å²) in [7, 11) is 0. The van der Waals surface area contributed by atoms with Gasteiger partial charge in [-0.3, -0.25) is 19.4 Å². The first-order valence-electron chi connectivity index (χ1n) is 14.6. The third-order valence-electron chi connectivity index (χ3n) is 6.69. The smallest absolute Gasteiger partial charge is 0.272 e. The molecule has 1 atom stereocenters. The van der Waals surface area contributed by atoms with Crippen LogP contribution in [-0.2, 0) is 9.59 Å². The van der Waals surface area contributed by atoms with Crippen LogP contribution in [0.4, 0.5) is 11.4 Å². The van der Waals surface area contributed by atoms with Gasteiger partial charge in [0.25, 0.3) is 11.8 Å². The highest BCUT2D eigenvalue weighted by atomic mass is 32.2. The number of nitrogens with zero attached hydrogens (tertiary/aromatic N) is 1. The Morgan fingerprint density at radius 2 is 1.39 bits per heavy atom. The lowest BCUT2D eigenvalue weighted by molar-refractivity contribution is -0.116. The summed E-state index contributed by atoms with van der Waals surface area (Å²) < 4.78 is 5.52. The van der Waals surface area contributed by atoms with E-state index < -0.39 is 17.1 Å². The second kappa shape index (κ2) is 15.9. The molecule has 0 spiro atoms. The molecule has 0 aliphatic heterocycles. The minimum atomic E-state index is -0.522. The number of hydrogen-bond acceptors (Lipinski definition) is 6. The molecule has 9 heteroatoms. The number of carbonyl (C=O) groups is 3. The van der Waals surface area contributed by atoms with Crippen molar-refractivity contribution in [2.45, 2.75) is 17.1 Å². The molecule has 1 aromatic heterocycles. The number of aromatic nitrogens is 1. The predicted octanol–water partition coefficient (Wildman–Crippen LogP) is 7.36. The molecule has 5 rings (SSSR count). The quantitative estimate of drug-likeness (QED) is 0.0984. The van der Waals surface area contributed by atoms with Gasteiger partial charge in [-0.05, 0) is 84.8 Å². The molecule has 1 heterocycles. The minimum Gasteiger partial charge on any atom is -0.494 e. The maximum Gasteiger partial charge on any atom is 0.272 e. The Morgan fingerprint density at radius 3 is 2.04 bits per heavy atom. The van der Waals surface area contributed by atoms with Gasteiger partial charge in [-0.15, -0.1) is 11.8 Å². The number of hydrogen-bond donors (Lipinski definition) is 3. The zero-order valence-electron chi connectivity index (χ0n) is 25.1. The lowest BCUT2D eigenvalue weighted by Crippen LogP contribution is -2.30. The second-order valence-corrected chi connectivity index (χ2v) is 11.2. The number of carbonyl (C=O) groups excluding carboxylic acids is 3. The van der Waals surface area contributed by atoms with Crippen molar-refractivity contribution >= 4 is 46.9 Å². The van der Waals surface area contributed by atoms with Crippen LogP contribution in [0.3, 0.4) is 0 Å². The number of rotatable bonds is 12. The van der Waals surface area contributed by atoms with E-state index in [1.807, 2.05) is 67.6 Å². The van der Waals surface area contributed by atoms with Gasteiger partial charge in [-0.2, -0.15) is 0 Å². The molecule has 5 aromatic rings. The van der Waals surface area contributed by atoms with Crippen LogP contribution >= 0.6 is 11.8 Å². The van der Waals surface area contributed by atoms with Crippen molar-refractivity contribution in [2.24, 2.45) is 0 Å². The van der Waals surface area contributed by atoms with Gasteiger partial charge in [0.1, 0.15) is 16.7 Å². The van der Waals surface area contributed by atoms with E-state index in [4.69, 9.17) is 4.74 Å². The molecule has 0 saturated heterocycles. The normalized spacial score (nSPS) is 11.6. The predicted molar refractivity (Wildman–Crippen MR) is 182 cm³/mol. The van der Waals surface area contributed by atoms with Gasteiger partial charge in [-0.1, -0.05) is 60.7 Å². The zero-order valence-corrected chi connectivity index (χ0v) is 25.9. The molecular formula is C37H32N4O4S. The Morgan fingerprint density at radius 1 is 0.761 bits per heavy atom. The fourth-order valence-corrected chi connectivity index (χ4v) is 5.46. The van der Waals surface area contributed by atoms with Crippen molar-refractivity contribution in [3.63, 3.8) is 0 Å². The molecule has 230 valence electrons. The van der Waals surface area contributed by atoms with Crippen molar-refractivity contribution < 1.29 is 19.1 Å². The van der Waals surface area contributed by atoms with E-state index in [9.17, 15) is 14.4 Å². The minimum absolute atomic E-state index is 0.0772. The number of ether oxygens (including phenoxy) is 1. The maximum atomic E-state index is 13.5. The fraction of sp³-hybridized carbons (Fsp3) is 0.0811. The van der Waals surface area contributed by atoms with Crippen LogP contribution in [0.25, 0.3) is 6.08 Å². The third kappa shape index (κ3) is 8.93. The summed E-state index contributed by atoms with van der Waals surface area (Å²) in [6.07, 6.45) is 4.86. The van der Waals surface area contributed by atoms with E-state index in [0.29, 0.717) is 34.9 Å². The van der Waals surface area contributed by atoms with E-state index in [2.05, 4.69) is 20.9 Å². The van der Waals surface area contributed by atoms with Crippen LogP contribution < -0.4 is 20.7 Å². The van der Waals surface area contributed by atoms with Crippen LogP contribution in [0.5, 0.6) is 5.75 Å². The summed E-state index contributed by atoms with van der Waals surface area (Å²) in [5.41, 5.74) is 3.26. The van der Waals surface area contributed by atoms with Crippen molar-refractivity contribution in [3.05, 3.63) is 156 Å². The Hall–Kier alpha value is -5.67. The molecule has 8 nitrogen and oxygen atoms in total. The summed E-state index contributed by atoms with van der Waals surface area (Å²) >= 11 is 1.40. The average molecular weight is 629 g/mol. The molecule has 0 radical (unpaired) electrons. The van der Waals surface area contributed by atoms with Gasteiger partial charge in [0, 0.05) is 34.2 Å². The van der Waals surface area contributed by atoms with Crippen LogP contribution in [0.2, 0.25) is 0 Å². The molecule has 3 amide bonds. The Balaban J connectivity index is 1.32. The van der Waals surface area contributed by atoms with E-state index >= 15 is 0 Å². The fourth-order valence-electron chi connectivity index (χ4n) is 4.43. The highest BCUT2D eigenvalue weighted by Crippen LogP contribution is 2.36. The molecule has 3 N–H and O–H groups in total. The number of pyridine rings is 1. The zero-order chi connectivity index (χ0) is 32.1. The summed E-state index contributed by atoms with van der Waals surface area (Å²) in [6.45, 7) is 2.45. The van der Waals surface area contributed by atoms with Crippen molar-refractivity contribution in [2.75, 3.05) is 17.2 Å². The van der Waals surface area contributed by atoms with E-state index in [-0.39, 0.29) is 11.6 Å². The highest BCUT2D eigenvalue weighted by Gasteiger charge is 2.22. The van der Waals surface area contributed by atoms with Crippen LogP contribution in [0.15, 0.2) is 144 Å². The third-order valence-corrected chi connectivity index (χ3v) is 7.95. The van der Waals surface area contributed by atoms with E-state index in [1.54, 1.807) is 79.1 Å². The van der Waals surface area contributed by atoms with Gasteiger partial charge in [0.15, 0.2) is 0 Å². The maximum absolute atomic E-state index is 13.5. The largest absolute Gasteiger partial charge is 0.494 e. The van der Waals surface area contributed by atoms with Crippen LogP contribution in [0.1, 0.15) is 33.7 Å². The molecular weight excluding hydrogens is 596 g/mol. The number of thioether (sulfide) groups is 1. The Bertz CT molecular complexity index is 1780. The molecule has 46 heavy (non-hydrogen) atoms. The van der Waals surface area contributed by atoms with Crippen molar-refractivity contribution in [3.8, 4) is 5.75 Å². The monoisotopic (exact) mass is 628 g/mol. The number of nitrogens with one attached hydrogen (secondary N) is 3. The summed E-state index contributed by atoms with van der Waals surface area (Å²) in [6, 6.07) is 36.2. The molecule has 4 aromatic carbocycles. The SMILES string of the molecule is CCOc1ccc(/C=C(\NC(=O)c2ccccc2)C(=O)Nc2ccc(SC(C(=O)Nc3ccncc3)c3ccccc3)cc2)cc1. The van der Waals surface area contributed by atoms with E-state index in [0.717, 1.165) is 10.5 Å². The molecule has 0 fully saturated rings.